The van der Waals surface area contributed by atoms with Gasteiger partial charge in [0.05, 0.1) is 19.7 Å². The van der Waals surface area contributed by atoms with Crippen molar-refractivity contribution in [2.45, 2.75) is 58.3 Å². The Bertz CT molecular complexity index is 1470. The van der Waals surface area contributed by atoms with E-state index in [0.29, 0.717) is 50.1 Å². The van der Waals surface area contributed by atoms with Crippen LogP contribution >= 0.6 is 0 Å². The molecule has 1 amide bonds. The molecule has 0 aliphatic carbocycles. The second-order valence-corrected chi connectivity index (χ2v) is 11.7. The van der Waals surface area contributed by atoms with Crippen LogP contribution in [0.3, 0.4) is 0 Å². The van der Waals surface area contributed by atoms with Crippen molar-refractivity contribution in [3.8, 4) is 23.0 Å². The van der Waals surface area contributed by atoms with E-state index in [9.17, 15) is 9.59 Å². The highest BCUT2D eigenvalue weighted by Crippen LogP contribution is 2.32. The Kier molecular flexibility index (Phi) is 8.82. The normalized spacial score (nSPS) is 15.8. The number of methoxy groups -OCH3 is 2. The summed E-state index contributed by atoms with van der Waals surface area (Å²) in [6, 6.07) is 13.1. The number of hydrogen-bond acceptors (Lipinski definition) is 8. The highest BCUT2D eigenvalue weighted by atomic mass is 16.6. The van der Waals surface area contributed by atoms with Gasteiger partial charge in [-0.1, -0.05) is 6.07 Å². The molecule has 226 valence electrons. The Labute approximate surface area is 246 Å². The molecule has 0 atom stereocenters. The monoisotopic (exact) mass is 579 g/mol. The Morgan fingerprint density at radius 3 is 2.38 bits per heavy atom. The van der Waals surface area contributed by atoms with Gasteiger partial charge in [0, 0.05) is 56.3 Å². The van der Waals surface area contributed by atoms with Crippen LogP contribution in [-0.2, 0) is 17.8 Å². The number of likely N-dealkylation sites (tertiary alicyclic amines) is 1. The van der Waals surface area contributed by atoms with E-state index in [4.69, 9.17) is 23.7 Å². The van der Waals surface area contributed by atoms with Crippen molar-refractivity contribution in [3.05, 3.63) is 58.4 Å². The number of piperidine rings is 1. The number of fused-ring (bicyclic) bond motifs is 2. The molecule has 3 aromatic rings. The quantitative estimate of drug-likeness (QED) is 0.380. The number of carbonyl (C=O) groups is 1. The molecule has 3 heterocycles. The van der Waals surface area contributed by atoms with E-state index >= 15 is 0 Å². The molecule has 0 bridgehead atoms. The topological polar surface area (TPSA) is 91.7 Å². The first-order valence-corrected chi connectivity index (χ1v) is 14.5. The molecule has 2 aromatic carbocycles. The summed E-state index contributed by atoms with van der Waals surface area (Å²) in [7, 11) is 3.18. The van der Waals surface area contributed by atoms with E-state index < -0.39 is 5.60 Å². The number of nitrogens with zero attached hydrogens (tertiary/aromatic N) is 3. The van der Waals surface area contributed by atoms with Crippen LogP contribution in [0.15, 0.2) is 47.3 Å². The first kappa shape index (κ1) is 29.6. The van der Waals surface area contributed by atoms with Gasteiger partial charge >= 0.3 is 6.09 Å². The third kappa shape index (κ3) is 6.75. The molecule has 5 rings (SSSR count). The minimum atomic E-state index is -0.597. The molecule has 10 heteroatoms. The van der Waals surface area contributed by atoms with Gasteiger partial charge in [0.25, 0.3) is 5.56 Å². The van der Waals surface area contributed by atoms with Crippen molar-refractivity contribution in [2.24, 2.45) is 0 Å². The van der Waals surface area contributed by atoms with E-state index in [1.165, 1.54) is 6.07 Å². The van der Waals surface area contributed by atoms with Crippen LogP contribution in [0.25, 0.3) is 10.9 Å². The first-order chi connectivity index (χ1) is 20.1. The van der Waals surface area contributed by atoms with Crippen LogP contribution in [0.2, 0.25) is 0 Å². The second-order valence-electron chi connectivity index (χ2n) is 11.7. The molecular formula is C32H41N3O7. The number of rotatable bonds is 8. The Hall–Kier alpha value is -3.92. The predicted octanol–water partition coefficient (Wildman–Crippen LogP) is 4.69. The number of aromatic nitrogens is 1. The zero-order chi connectivity index (χ0) is 29.9. The molecule has 0 N–H and O–H groups in total. The molecule has 10 nitrogen and oxygen atoms in total. The van der Waals surface area contributed by atoms with Crippen molar-refractivity contribution in [1.82, 2.24) is 14.4 Å². The summed E-state index contributed by atoms with van der Waals surface area (Å²) in [5, 5.41) is 0.865. The lowest BCUT2D eigenvalue weighted by Gasteiger charge is -2.39. The minimum absolute atomic E-state index is 0.0260. The van der Waals surface area contributed by atoms with E-state index in [1.807, 2.05) is 62.1 Å². The standard InChI is InChI=1S/C32H41N3O7/c1-32(2,3)42-31(37)35(21-22-6-9-27-29(18-22)41-17-16-40-27)23-10-12-33(13-11-23)14-15-34-26-19-24(38-4)7-8-25(26)28(39-5)20-30(34)36/h6-9,18-20,23H,10-17,21H2,1-5H3. The molecule has 1 fully saturated rings. The molecule has 0 saturated carbocycles. The van der Waals surface area contributed by atoms with Gasteiger partial charge in [-0.25, -0.2) is 4.79 Å². The van der Waals surface area contributed by atoms with Crippen molar-refractivity contribution in [1.29, 1.82) is 0 Å². The van der Waals surface area contributed by atoms with E-state index in [1.54, 1.807) is 18.8 Å². The average Bonchev–Trinajstić information content (AvgIpc) is 2.98. The second kappa shape index (κ2) is 12.5. The highest BCUT2D eigenvalue weighted by molar-refractivity contribution is 5.86. The SMILES string of the molecule is COc1ccc2c(OC)cc(=O)n(CCN3CCC(N(Cc4ccc5c(c4)OCCO5)C(=O)OC(C)(C)C)CC3)c2c1. The molecule has 42 heavy (non-hydrogen) atoms. The molecule has 2 aliphatic heterocycles. The van der Waals surface area contributed by atoms with Gasteiger partial charge in [-0.05, 0) is 63.4 Å². The minimum Gasteiger partial charge on any atom is -0.497 e. The van der Waals surface area contributed by atoms with E-state index in [2.05, 4.69) is 4.90 Å². The van der Waals surface area contributed by atoms with Gasteiger partial charge in [-0.15, -0.1) is 0 Å². The van der Waals surface area contributed by atoms with Crippen molar-refractivity contribution in [2.75, 3.05) is 47.1 Å². The fourth-order valence-corrected chi connectivity index (χ4v) is 5.60. The van der Waals surface area contributed by atoms with Crippen LogP contribution < -0.4 is 24.5 Å². The summed E-state index contributed by atoms with van der Waals surface area (Å²) in [6.45, 7) is 9.97. The van der Waals surface area contributed by atoms with Gasteiger partial charge in [-0.2, -0.15) is 0 Å². The molecule has 0 radical (unpaired) electrons. The zero-order valence-electron chi connectivity index (χ0n) is 25.2. The Morgan fingerprint density at radius 1 is 0.952 bits per heavy atom. The van der Waals surface area contributed by atoms with Crippen LogP contribution in [0.5, 0.6) is 23.0 Å². The number of carbonyl (C=O) groups excluding carboxylic acids is 1. The fourth-order valence-electron chi connectivity index (χ4n) is 5.60. The van der Waals surface area contributed by atoms with Crippen molar-refractivity contribution >= 4 is 17.0 Å². The van der Waals surface area contributed by atoms with Crippen LogP contribution in [0, 0.1) is 0 Å². The zero-order valence-corrected chi connectivity index (χ0v) is 25.2. The van der Waals surface area contributed by atoms with Crippen LogP contribution in [-0.4, -0.2) is 79.2 Å². The van der Waals surface area contributed by atoms with Gasteiger partial charge in [-0.3, -0.25) is 4.79 Å². The maximum absolute atomic E-state index is 13.4. The highest BCUT2D eigenvalue weighted by Gasteiger charge is 2.31. The number of benzene rings is 2. The summed E-state index contributed by atoms with van der Waals surface area (Å²) in [6.07, 6.45) is 1.28. The van der Waals surface area contributed by atoms with E-state index in [0.717, 1.165) is 48.1 Å². The van der Waals surface area contributed by atoms with E-state index in [-0.39, 0.29) is 17.7 Å². The summed E-state index contributed by atoms with van der Waals surface area (Å²) in [5.41, 5.74) is 1.04. The van der Waals surface area contributed by atoms with Gasteiger partial charge in [0.2, 0.25) is 0 Å². The molecule has 1 aromatic heterocycles. The van der Waals surface area contributed by atoms with Crippen molar-refractivity contribution in [3.63, 3.8) is 0 Å². The molecule has 1 saturated heterocycles. The third-order valence-electron chi connectivity index (χ3n) is 7.73. The van der Waals surface area contributed by atoms with Crippen LogP contribution in [0.1, 0.15) is 39.2 Å². The number of hydrogen-bond donors (Lipinski definition) is 0. The lowest BCUT2D eigenvalue weighted by atomic mass is 10.0. The lowest BCUT2D eigenvalue weighted by Crippen LogP contribution is -2.49. The summed E-state index contributed by atoms with van der Waals surface area (Å²) in [4.78, 5) is 30.6. The maximum Gasteiger partial charge on any atom is 0.410 e. The molecular weight excluding hydrogens is 538 g/mol. The van der Waals surface area contributed by atoms with Gasteiger partial charge in [0.1, 0.15) is 30.3 Å². The van der Waals surface area contributed by atoms with Crippen LogP contribution in [0.4, 0.5) is 4.79 Å². The molecule has 0 unspecified atom stereocenters. The fraction of sp³-hybridized carbons (Fsp3) is 0.500. The summed E-state index contributed by atoms with van der Waals surface area (Å²) in [5.74, 6) is 2.67. The smallest absolute Gasteiger partial charge is 0.410 e. The summed E-state index contributed by atoms with van der Waals surface area (Å²) < 4.78 is 29.9. The largest absolute Gasteiger partial charge is 0.497 e. The molecule has 2 aliphatic rings. The number of ether oxygens (including phenoxy) is 5. The molecule has 0 spiro atoms. The number of pyridine rings is 1. The maximum atomic E-state index is 13.4. The van der Waals surface area contributed by atoms with Gasteiger partial charge < -0.3 is 38.1 Å². The number of amides is 1. The Morgan fingerprint density at radius 2 is 1.69 bits per heavy atom. The first-order valence-electron chi connectivity index (χ1n) is 14.5. The summed E-state index contributed by atoms with van der Waals surface area (Å²) >= 11 is 0. The van der Waals surface area contributed by atoms with Gasteiger partial charge in [0.15, 0.2) is 11.5 Å². The lowest BCUT2D eigenvalue weighted by molar-refractivity contribution is 0.00562. The Balaban J connectivity index is 1.27. The predicted molar refractivity (Wildman–Crippen MR) is 160 cm³/mol. The third-order valence-corrected chi connectivity index (χ3v) is 7.73. The van der Waals surface area contributed by atoms with Crippen molar-refractivity contribution < 1.29 is 28.5 Å². The average molecular weight is 580 g/mol.